The quantitative estimate of drug-likeness (QED) is 0.882. The molecular weight excluding hydrogens is 258 g/mol. The van der Waals surface area contributed by atoms with E-state index < -0.39 is 0 Å². The zero-order chi connectivity index (χ0) is 13.7. The lowest BCUT2D eigenvalue weighted by Crippen LogP contribution is -2.28. The fraction of sp³-hybridized carbons (Fsp3) is 0.286. The van der Waals surface area contributed by atoms with Gasteiger partial charge in [-0.3, -0.25) is 4.79 Å². The highest BCUT2D eigenvalue weighted by molar-refractivity contribution is 7.13. The summed E-state index contributed by atoms with van der Waals surface area (Å²) in [7, 11) is 1.82. The third kappa shape index (κ3) is 3.79. The van der Waals surface area contributed by atoms with Gasteiger partial charge in [0.1, 0.15) is 0 Å². The first-order chi connectivity index (χ1) is 9.19. The summed E-state index contributed by atoms with van der Waals surface area (Å²) >= 11 is 1.50. The first-order valence-electron chi connectivity index (χ1n) is 6.15. The molecule has 1 aromatic carbocycles. The van der Waals surface area contributed by atoms with Crippen molar-refractivity contribution < 1.29 is 4.79 Å². The fourth-order valence-electron chi connectivity index (χ4n) is 1.79. The highest BCUT2D eigenvalue weighted by Gasteiger charge is 2.11. The van der Waals surface area contributed by atoms with Crippen molar-refractivity contribution in [2.75, 3.05) is 12.4 Å². The molecule has 0 bridgehead atoms. The van der Waals surface area contributed by atoms with Gasteiger partial charge in [-0.25, -0.2) is 4.98 Å². The van der Waals surface area contributed by atoms with Crippen molar-refractivity contribution in [3.05, 3.63) is 47.0 Å². The molecule has 0 saturated carbocycles. The number of benzene rings is 1. The van der Waals surface area contributed by atoms with Crippen LogP contribution in [0.3, 0.4) is 0 Å². The first kappa shape index (κ1) is 13.5. The highest BCUT2D eigenvalue weighted by Crippen LogP contribution is 2.15. The Bertz CT molecular complexity index is 539. The van der Waals surface area contributed by atoms with E-state index >= 15 is 0 Å². The number of rotatable bonds is 5. The molecule has 4 nitrogen and oxygen atoms in total. The van der Waals surface area contributed by atoms with Crippen LogP contribution in [0.5, 0.6) is 0 Å². The van der Waals surface area contributed by atoms with Gasteiger partial charge in [0.2, 0.25) is 5.91 Å². The van der Waals surface area contributed by atoms with Crippen LogP contribution in [0.2, 0.25) is 0 Å². The number of hydrogen-bond donors (Lipinski definition) is 2. The number of thiazole rings is 1. The van der Waals surface area contributed by atoms with E-state index in [9.17, 15) is 4.79 Å². The Morgan fingerprint density at radius 1 is 1.37 bits per heavy atom. The van der Waals surface area contributed by atoms with Crippen molar-refractivity contribution in [1.82, 2.24) is 10.3 Å². The molecule has 0 spiro atoms. The number of amides is 1. The van der Waals surface area contributed by atoms with E-state index in [0.717, 1.165) is 16.4 Å². The molecule has 0 fully saturated rings. The lowest BCUT2D eigenvalue weighted by Gasteiger charge is -2.13. The fourth-order valence-corrected chi connectivity index (χ4v) is 2.46. The summed E-state index contributed by atoms with van der Waals surface area (Å²) in [6, 6.07) is 9.93. The minimum atomic E-state index is -0.00990. The topological polar surface area (TPSA) is 54.0 Å². The molecule has 0 unspecified atom stereocenters. The van der Waals surface area contributed by atoms with E-state index in [2.05, 4.69) is 15.6 Å². The second-order valence-electron chi connectivity index (χ2n) is 4.27. The van der Waals surface area contributed by atoms with Gasteiger partial charge >= 0.3 is 0 Å². The zero-order valence-corrected chi connectivity index (χ0v) is 11.8. The van der Waals surface area contributed by atoms with Gasteiger partial charge in [-0.1, -0.05) is 30.3 Å². The Kier molecular flexibility index (Phi) is 4.52. The molecule has 100 valence electrons. The Morgan fingerprint density at radius 2 is 2.11 bits per heavy atom. The van der Waals surface area contributed by atoms with Crippen molar-refractivity contribution in [3.8, 4) is 0 Å². The summed E-state index contributed by atoms with van der Waals surface area (Å²) < 4.78 is 0. The normalized spacial score (nSPS) is 11.9. The van der Waals surface area contributed by atoms with E-state index in [-0.39, 0.29) is 11.9 Å². The minimum Gasteiger partial charge on any atom is -0.365 e. The summed E-state index contributed by atoms with van der Waals surface area (Å²) in [6.07, 6.45) is 0.315. The van der Waals surface area contributed by atoms with Crippen LogP contribution >= 0.6 is 11.3 Å². The van der Waals surface area contributed by atoms with Crippen LogP contribution in [0.4, 0.5) is 5.13 Å². The maximum absolute atomic E-state index is 11.9. The Hall–Kier alpha value is -1.88. The molecule has 19 heavy (non-hydrogen) atoms. The molecule has 5 heteroatoms. The summed E-state index contributed by atoms with van der Waals surface area (Å²) in [5.41, 5.74) is 1.90. The molecule has 1 aromatic heterocycles. The number of carbonyl (C=O) groups excluding carboxylic acids is 1. The largest absolute Gasteiger partial charge is 0.365 e. The predicted molar refractivity (Wildman–Crippen MR) is 78.4 cm³/mol. The molecule has 1 atom stereocenters. The van der Waals surface area contributed by atoms with Crippen molar-refractivity contribution in [1.29, 1.82) is 0 Å². The number of anilines is 1. The van der Waals surface area contributed by atoms with Crippen LogP contribution in [0.15, 0.2) is 35.7 Å². The van der Waals surface area contributed by atoms with Crippen molar-refractivity contribution in [3.63, 3.8) is 0 Å². The van der Waals surface area contributed by atoms with Gasteiger partial charge in [-0.2, -0.15) is 0 Å². The van der Waals surface area contributed by atoms with Gasteiger partial charge < -0.3 is 10.6 Å². The monoisotopic (exact) mass is 275 g/mol. The number of aromatic nitrogens is 1. The van der Waals surface area contributed by atoms with Crippen LogP contribution < -0.4 is 10.6 Å². The highest BCUT2D eigenvalue weighted by atomic mass is 32.1. The van der Waals surface area contributed by atoms with E-state index in [0.29, 0.717) is 6.42 Å². The van der Waals surface area contributed by atoms with Crippen LogP contribution in [-0.2, 0) is 11.2 Å². The van der Waals surface area contributed by atoms with Crippen molar-refractivity contribution in [2.24, 2.45) is 0 Å². The molecule has 0 aliphatic rings. The van der Waals surface area contributed by atoms with Gasteiger partial charge in [0.15, 0.2) is 5.13 Å². The summed E-state index contributed by atoms with van der Waals surface area (Å²) in [5.74, 6) is -0.00990. The minimum absolute atomic E-state index is 0.00990. The molecule has 2 aromatic rings. The van der Waals surface area contributed by atoms with Gasteiger partial charge in [0.05, 0.1) is 18.2 Å². The Morgan fingerprint density at radius 3 is 2.74 bits per heavy atom. The second kappa shape index (κ2) is 6.33. The van der Waals surface area contributed by atoms with E-state index in [4.69, 9.17) is 0 Å². The summed E-state index contributed by atoms with van der Waals surface area (Å²) in [6.45, 7) is 1.98. The zero-order valence-electron chi connectivity index (χ0n) is 11.0. The second-order valence-corrected chi connectivity index (χ2v) is 5.13. The first-order valence-corrected chi connectivity index (χ1v) is 7.03. The van der Waals surface area contributed by atoms with Crippen LogP contribution in [0.25, 0.3) is 0 Å². The van der Waals surface area contributed by atoms with Gasteiger partial charge in [-0.05, 0) is 12.5 Å². The van der Waals surface area contributed by atoms with E-state index in [1.165, 1.54) is 11.3 Å². The Balaban J connectivity index is 1.91. The molecule has 0 radical (unpaired) electrons. The lowest BCUT2D eigenvalue weighted by atomic mass is 10.1. The number of carbonyl (C=O) groups is 1. The standard InChI is InChI=1S/C14H17N3OS/c1-10(11-6-4-3-5-7-11)16-13(18)8-12-9-19-14(15-2)17-12/h3-7,9-10H,8H2,1-2H3,(H,15,17)(H,16,18)/t10-/m1/s1. The van der Waals surface area contributed by atoms with Crippen molar-refractivity contribution in [2.45, 2.75) is 19.4 Å². The molecular formula is C14H17N3OS. The molecule has 2 rings (SSSR count). The molecule has 1 amide bonds. The van der Waals surface area contributed by atoms with Gasteiger partial charge in [0.25, 0.3) is 0 Å². The predicted octanol–water partition coefficient (Wildman–Crippen LogP) is 2.60. The van der Waals surface area contributed by atoms with Crippen LogP contribution in [0.1, 0.15) is 24.2 Å². The van der Waals surface area contributed by atoms with E-state index in [1.54, 1.807) is 0 Å². The third-order valence-electron chi connectivity index (χ3n) is 2.78. The number of hydrogen-bond acceptors (Lipinski definition) is 4. The maximum Gasteiger partial charge on any atom is 0.226 e. The summed E-state index contributed by atoms with van der Waals surface area (Å²) in [4.78, 5) is 16.2. The van der Waals surface area contributed by atoms with Crippen molar-refractivity contribution >= 4 is 22.4 Å². The molecule has 1 heterocycles. The molecule has 0 aliphatic carbocycles. The average Bonchev–Trinajstić information content (AvgIpc) is 2.87. The van der Waals surface area contributed by atoms with Gasteiger partial charge in [-0.15, -0.1) is 11.3 Å². The maximum atomic E-state index is 11.9. The lowest BCUT2D eigenvalue weighted by molar-refractivity contribution is -0.121. The Labute approximate surface area is 116 Å². The molecule has 0 saturated heterocycles. The van der Waals surface area contributed by atoms with Crippen LogP contribution in [-0.4, -0.2) is 17.9 Å². The molecule has 2 N–H and O–H groups in total. The van der Waals surface area contributed by atoms with Crippen LogP contribution in [0, 0.1) is 0 Å². The molecule has 0 aliphatic heterocycles. The third-order valence-corrected chi connectivity index (χ3v) is 3.69. The van der Waals surface area contributed by atoms with E-state index in [1.807, 2.05) is 49.7 Å². The smallest absolute Gasteiger partial charge is 0.226 e. The van der Waals surface area contributed by atoms with Gasteiger partial charge in [0, 0.05) is 12.4 Å². The SMILES string of the molecule is CNc1nc(CC(=O)N[C@H](C)c2ccccc2)cs1. The number of nitrogens with zero attached hydrogens (tertiary/aromatic N) is 1. The average molecular weight is 275 g/mol. The number of nitrogens with one attached hydrogen (secondary N) is 2. The summed E-state index contributed by atoms with van der Waals surface area (Å²) in [5, 5.41) is 8.67.